The fourth-order valence-corrected chi connectivity index (χ4v) is 3.74. The molecule has 0 radical (unpaired) electrons. The summed E-state index contributed by atoms with van der Waals surface area (Å²) in [6, 6.07) is 3.09. The fraction of sp³-hybridized carbons (Fsp3) is 0.263. The number of H-pyrrole nitrogens is 1. The van der Waals surface area contributed by atoms with E-state index < -0.39 is 29.0 Å². The van der Waals surface area contributed by atoms with Gasteiger partial charge in [-0.1, -0.05) is 6.07 Å². The minimum absolute atomic E-state index is 0.0183. The second-order valence-corrected chi connectivity index (χ2v) is 7.55. The van der Waals surface area contributed by atoms with Crippen LogP contribution in [0.1, 0.15) is 26.5 Å². The van der Waals surface area contributed by atoms with E-state index in [1.165, 1.54) is 17.5 Å². The second kappa shape index (κ2) is 9.29. The van der Waals surface area contributed by atoms with Crippen molar-refractivity contribution in [3.8, 4) is 0 Å². The Kier molecular flexibility index (Phi) is 6.30. The highest BCUT2D eigenvalue weighted by Gasteiger charge is 2.22. The van der Waals surface area contributed by atoms with Gasteiger partial charge in [0.15, 0.2) is 5.13 Å². The molecule has 0 bridgehead atoms. The molecule has 4 rings (SSSR count). The normalized spacial score (nSPS) is 14.4. The molecule has 1 saturated heterocycles. The van der Waals surface area contributed by atoms with Crippen molar-refractivity contribution in [2.45, 2.75) is 6.54 Å². The summed E-state index contributed by atoms with van der Waals surface area (Å²) in [5, 5.41) is 13.4. The summed E-state index contributed by atoms with van der Waals surface area (Å²) < 4.78 is 33.0. The van der Waals surface area contributed by atoms with E-state index in [1.54, 1.807) is 0 Å². The molecule has 3 aromatic rings. The van der Waals surface area contributed by atoms with Gasteiger partial charge in [-0.2, -0.15) is 5.10 Å². The van der Waals surface area contributed by atoms with Gasteiger partial charge >= 0.3 is 0 Å². The number of halogens is 2. The van der Waals surface area contributed by atoms with Crippen LogP contribution in [0.5, 0.6) is 0 Å². The van der Waals surface area contributed by atoms with E-state index in [-0.39, 0.29) is 11.4 Å². The third kappa shape index (κ3) is 4.93. The van der Waals surface area contributed by atoms with E-state index in [1.807, 2.05) is 5.38 Å². The van der Waals surface area contributed by atoms with Gasteiger partial charge in [0.2, 0.25) is 0 Å². The zero-order valence-corrected chi connectivity index (χ0v) is 17.0. The Labute approximate surface area is 179 Å². The van der Waals surface area contributed by atoms with Crippen molar-refractivity contribution in [3.05, 3.63) is 58.4 Å². The first-order valence-electron chi connectivity index (χ1n) is 9.36. The second-order valence-electron chi connectivity index (χ2n) is 6.70. The molecule has 0 aliphatic carbocycles. The number of anilines is 2. The number of nitrogens with one attached hydrogen (secondary N) is 3. The maximum Gasteiger partial charge on any atom is 0.277 e. The minimum atomic E-state index is -1.03. The Morgan fingerprint density at radius 3 is 2.65 bits per heavy atom. The van der Waals surface area contributed by atoms with Crippen LogP contribution in [0.3, 0.4) is 0 Å². The first-order valence-corrected chi connectivity index (χ1v) is 10.2. The van der Waals surface area contributed by atoms with Crippen molar-refractivity contribution < 1.29 is 23.1 Å². The quantitative estimate of drug-likeness (QED) is 0.534. The van der Waals surface area contributed by atoms with Gasteiger partial charge in [-0.25, -0.2) is 13.8 Å². The van der Waals surface area contributed by atoms with Crippen LogP contribution in [0.15, 0.2) is 29.8 Å². The topological polar surface area (TPSA) is 112 Å². The zero-order chi connectivity index (χ0) is 21.8. The van der Waals surface area contributed by atoms with Crippen molar-refractivity contribution in [1.29, 1.82) is 0 Å². The lowest BCUT2D eigenvalue weighted by Crippen LogP contribution is -2.35. The van der Waals surface area contributed by atoms with Crippen LogP contribution in [-0.4, -0.2) is 58.2 Å². The first-order chi connectivity index (χ1) is 15.0. The summed E-state index contributed by atoms with van der Waals surface area (Å²) >= 11 is 1.26. The average molecular weight is 448 g/mol. The molecule has 0 saturated carbocycles. The van der Waals surface area contributed by atoms with E-state index in [4.69, 9.17) is 4.74 Å². The van der Waals surface area contributed by atoms with Gasteiger partial charge < -0.3 is 10.1 Å². The summed E-state index contributed by atoms with van der Waals surface area (Å²) in [4.78, 5) is 31.5. The molecule has 1 aromatic carbocycles. The van der Waals surface area contributed by atoms with Crippen molar-refractivity contribution >= 4 is 34.0 Å². The van der Waals surface area contributed by atoms with Crippen LogP contribution in [0.4, 0.5) is 19.6 Å². The molecule has 1 aliphatic heterocycles. The Balaban J connectivity index is 1.41. The van der Waals surface area contributed by atoms with Crippen LogP contribution in [-0.2, 0) is 11.3 Å². The summed E-state index contributed by atoms with van der Waals surface area (Å²) in [5.41, 5.74) is -0.0247. The largest absolute Gasteiger partial charge is 0.379 e. The van der Waals surface area contributed by atoms with Gasteiger partial charge in [0.25, 0.3) is 11.8 Å². The predicted octanol–water partition coefficient (Wildman–Crippen LogP) is 2.48. The number of aromatic amines is 1. The van der Waals surface area contributed by atoms with Gasteiger partial charge in [-0.3, -0.25) is 24.9 Å². The average Bonchev–Trinajstić information content (AvgIpc) is 3.38. The number of carbonyl (C=O) groups is 2. The highest BCUT2D eigenvalue weighted by atomic mass is 32.1. The van der Waals surface area contributed by atoms with E-state index in [9.17, 15) is 18.4 Å². The predicted molar refractivity (Wildman–Crippen MR) is 109 cm³/mol. The van der Waals surface area contributed by atoms with Crippen LogP contribution in [0.2, 0.25) is 0 Å². The number of ether oxygens (including phenoxy) is 1. The molecule has 162 valence electrons. The third-order valence-corrected chi connectivity index (χ3v) is 5.37. The number of aromatic nitrogens is 3. The number of hydrogen-bond donors (Lipinski definition) is 3. The lowest BCUT2D eigenvalue weighted by molar-refractivity contribution is 0.0337. The maximum absolute atomic E-state index is 13.8. The Bertz CT molecular complexity index is 1080. The SMILES string of the molecule is O=C(Nc1nc(CN2CCOCC2)cs1)c1[nH]ncc1NC(=O)c1c(F)cccc1F. The highest BCUT2D eigenvalue weighted by Crippen LogP contribution is 2.21. The number of carbonyl (C=O) groups excluding carboxylic acids is 2. The van der Waals surface area contributed by atoms with Gasteiger partial charge in [-0.15, -0.1) is 11.3 Å². The smallest absolute Gasteiger partial charge is 0.277 e. The number of hydrogen-bond acceptors (Lipinski definition) is 7. The number of benzene rings is 1. The molecule has 2 amide bonds. The summed E-state index contributed by atoms with van der Waals surface area (Å²) in [7, 11) is 0. The van der Waals surface area contributed by atoms with E-state index in [0.29, 0.717) is 24.9 Å². The Morgan fingerprint density at radius 2 is 1.90 bits per heavy atom. The van der Waals surface area contributed by atoms with Crippen molar-refractivity contribution in [2.24, 2.45) is 0 Å². The van der Waals surface area contributed by atoms with Crippen LogP contribution in [0.25, 0.3) is 0 Å². The first kappa shape index (κ1) is 21.0. The number of nitrogens with zero attached hydrogens (tertiary/aromatic N) is 3. The summed E-state index contributed by atoms with van der Waals surface area (Å²) in [5.74, 6) is -3.66. The highest BCUT2D eigenvalue weighted by molar-refractivity contribution is 7.14. The zero-order valence-electron chi connectivity index (χ0n) is 16.2. The van der Waals surface area contributed by atoms with Crippen molar-refractivity contribution in [1.82, 2.24) is 20.1 Å². The molecule has 12 heteroatoms. The molecule has 0 spiro atoms. The monoisotopic (exact) mass is 448 g/mol. The maximum atomic E-state index is 13.8. The molecule has 1 fully saturated rings. The lowest BCUT2D eigenvalue weighted by Gasteiger charge is -2.25. The third-order valence-electron chi connectivity index (χ3n) is 4.57. The van der Waals surface area contributed by atoms with Crippen molar-refractivity contribution in [3.63, 3.8) is 0 Å². The van der Waals surface area contributed by atoms with E-state index in [2.05, 4.69) is 30.7 Å². The van der Waals surface area contributed by atoms with E-state index in [0.717, 1.165) is 37.0 Å². The molecular weight excluding hydrogens is 430 g/mol. The van der Waals surface area contributed by atoms with E-state index >= 15 is 0 Å². The summed E-state index contributed by atoms with van der Waals surface area (Å²) in [6.45, 7) is 3.64. The number of rotatable bonds is 6. The van der Waals surface area contributed by atoms with Crippen LogP contribution < -0.4 is 10.6 Å². The van der Waals surface area contributed by atoms with Gasteiger partial charge in [0.05, 0.1) is 30.8 Å². The molecule has 31 heavy (non-hydrogen) atoms. The van der Waals surface area contributed by atoms with Gasteiger partial charge in [-0.05, 0) is 12.1 Å². The summed E-state index contributed by atoms with van der Waals surface area (Å²) in [6.07, 6.45) is 1.18. The van der Waals surface area contributed by atoms with Crippen molar-refractivity contribution in [2.75, 3.05) is 36.9 Å². The van der Waals surface area contributed by atoms with Gasteiger partial charge in [0.1, 0.15) is 22.9 Å². The number of amides is 2. The minimum Gasteiger partial charge on any atom is -0.379 e. The molecule has 2 aromatic heterocycles. The van der Waals surface area contributed by atoms with Gasteiger partial charge in [0, 0.05) is 25.0 Å². The molecule has 3 heterocycles. The lowest BCUT2D eigenvalue weighted by atomic mass is 10.2. The molecule has 0 unspecified atom stereocenters. The van der Waals surface area contributed by atoms with Crippen LogP contribution >= 0.6 is 11.3 Å². The number of thiazole rings is 1. The Morgan fingerprint density at radius 1 is 1.16 bits per heavy atom. The molecular formula is C19H18F2N6O3S. The van der Waals surface area contributed by atoms with Crippen LogP contribution in [0, 0.1) is 11.6 Å². The number of morpholine rings is 1. The molecule has 1 aliphatic rings. The Hall–Kier alpha value is -3.22. The molecule has 9 nitrogen and oxygen atoms in total. The molecule has 0 atom stereocenters. The molecule has 3 N–H and O–H groups in total. The fourth-order valence-electron chi connectivity index (χ4n) is 3.04. The standard InChI is InChI=1S/C19H18F2N6O3S/c20-12-2-1-3-13(21)15(12)17(28)24-14-8-22-26-16(14)18(29)25-19-23-11(10-31-19)9-27-4-6-30-7-5-27/h1-3,8,10H,4-7,9H2,(H,22,26)(H,24,28)(H,23,25,29).